The zero-order chi connectivity index (χ0) is 12.0. The van der Waals surface area contributed by atoms with Gasteiger partial charge in [0.05, 0.1) is 18.3 Å². The molecule has 0 radical (unpaired) electrons. The van der Waals surface area contributed by atoms with Crippen LogP contribution in [-0.2, 0) is 11.2 Å². The molecule has 1 aromatic carbocycles. The fraction of sp³-hybridized carbons (Fsp3) is 0.462. The number of nitrogens with zero attached hydrogens (tertiary/aromatic N) is 1. The van der Waals surface area contributed by atoms with Crippen LogP contribution in [0.2, 0.25) is 0 Å². The van der Waals surface area contributed by atoms with Gasteiger partial charge in [-0.1, -0.05) is 30.3 Å². The van der Waals surface area contributed by atoms with Crippen LogP contribution < -0.4 is 0 Å². The van der Waals surface area contributed by atoms with Crippen LogP contribution in [0.1, 0.15) is 19.4 Å². The van der Waals surface area contributed by atoms with Crippen LogP contribution in [-0.4, -0.2) is 23.4 Å². The lowest BCUT2D eigenvalue weighted by atomic mass is 10.1. The van der Waals surface area contributed by atoms with Crippen LogP contribution in [0.25, 0.3) is 0 Å². The molecule has 3 heteroatoms. The van der Waals surface area contributed by atoms with E-state index in [2.05, 4.69) is 6.07 Å². The maximum Gasteiger partial charge on any atom is 0.148 e. The Bertz CT molecular complexity index is 343. The standard InChI is InChI=1S/C13H17NO2/c1-10(15)11(2)16-13(9-14)8-12-6-4-3-5-7-12/h3-7,10-11,13,15H,8H2,1-2H3. The molecule has 0 saturated heterocycles. The molecule has 1 aromatic rings. The van der Waals surface area contributed by atoms with Crippen molar-refractivity contribution in [2.75, 3.05) is 0 Å². The number of ether oxygens (including phenoxy) is 1. The van der Waals surface area contributed by atoms with Gasteiger partial charge in [0.15, 0.2) is 0 Å². The molecule has 0 amide bonds. The molecule has 86 valence electrons. The minimum atomic E-state index is -0.563. The summed E-state index contributed by atoms with van der Waals surface area (Å²) in [6.07, 6.45) is -0.846. The Kier molecular flexibility index (Phi) is 4.97. The van der Waals surface area contributed by atoms with Crippen molar-refractivity contribution in [2.45, 2.75) is 38.6 Å². The normalized spacial score (nSPS) is 16.1. The summed E-state index contributed by atoms with van der Waals surface area (Å²) >= 11 is 0. The van der Waals surface area contributed by atoms with Gasteiger partial charge in [-0.25, -0.2) is 0 Å². The lowest BCUT2D eigenvalue weighted by Gasteiger charge is -2.19. The second kappa shape index (κ2) is 6.26. The Hall–Kier alpha value is -1.37. The van der Waals surface area contributed by atoms with Gasteiger partial charge in [0.25, 0.3) is 0 Å². The van der Waals surface area contributed by atoms with Crippen molar-refractivity contribution in [1.82, 2.24) is 0 Å². The van der Waals surface area contributed by atoms with Crippen molar-refractivity contribution in [3.63, 3.8) is 0 Å². The largest absolute Gasteiger partial charge is 0.391 e. The van der Waals surface area contributed by atoms with E-state index >= 15 is 0 Å². The highest BCUT2D eigenvalue weighted by atomic mass is 16.5. The van der Waals surface area contributed by atoms with Crippen LogP contribution in [0, 0.1) is 11.3 Å². The Morgan fingerprint density at radius 2 is 1.94 bits per heavy atom. The highest BCUT2D eigenvalue weighted by Crippen LogP contribution is 2.09. The predicted octanol–water partition coefficient (Wildman–Crippen LogP) is 1.91. The molecule has 0 fully saturated rings. The van der Waals surface area contributed by atoms with E-state index < -0.39 is 12.2 Å². The number of hydrogen-bond acceptors (Lipinski definition) is 3. The Balaban J connectivity index is 2.54. The van der Waals surface area contributed by atoms with Crippen LogP contribution in [0.3, 0.4) is 0 Å². The Morgan fingerprint density at radius 1 is 1.31 bits per heavy atom. The molecule has 0 aliphatic carbocycles. The van der Waals surface area contributed by atoms with Crippen molar-refractivity contribution in [1.29, 1.82) is 5.26 Å². The molecule has 0 heterocycles. The molecule has 1 N–H and O–H groups in total. The van der Waals surface area contributed by atoms with Crippen LogP contribution in [0.4, 0.5) is 0 Å². The Morgan fingerprint density at radius 3 is 2.44 bits per heavy atom. The van der Waals surface area contributed by atoms with Gasteiger partial charge >= 0.3 is 0 Å². The summed E-state index contributed by atoms with van der Waals surface area (Å²) in [5, 5.41) is 18.3. The second-order valence-electron chi connectivity index (χ2n) is 3.89. The first-order valence-corrected chi connectivity index (χ1v) is 5.40. The number of benzene rings is 1. The zero-order valence-corrected chi connectivity index (χ0v) is 9.63. The monoisotopic (exact) mass is 219 g/mol. The molecule has 0 aliphatic heterocycles. The first-order valence-electron chi connectivity index (χ1n) is 5.40. The van der Waals surface area contributed by atoms with Crippen molar-refractivity contribution in [3.8, 4) is 6.07 Å². The van der Waals surface area contributed by atoms with Crippen molar-refractivity contribution >= 4 is 0 Å². The van der Waals surface area contributed by atoms with Gasteiger partial charge in [-0.05, 0) is 19.4 Å². The first-order chi connectivity index (χ1) is 7.63. The fourth-order valence-corrected chi connectivity index (χ4v) is 1.33. The molecule has 0 spiro atoms. The summed E-state index contributed by atoms with van der Waals surface area (Å²) in [5.74, 6) is 0. The van der Waals surface area contributed by atoms with E-state index in [1.54, 1.807) is 13.8 Å². The lowest BCUT2D eigenvalue weighted by Crippen LogP contribution is -2.28. The van der Waals surface area contributed by atoms with Gasteiger partial charge in [0, 0.05) is 6.42 Å². The van der Waals surface area contributed by atoms with Crippen molar-refractivity contribution in [3.05, 3.63) is 35.9 Å². The van der Waals surface area contributed by atoms with Gasteiger partial charge in [0.1, 0.15) is 6.10 Å². The number of aliphatic hydroxyl groups excluding tert-OH is 1. The van der Waals surface area contributed by atoms with Gasteiger partial charge < -0.3 is 9.84 Å². The molecule has 3 atom stereocenters. The molecular weight excluding hydrogens is 202 g/mol. The van der Waals surface area contributed by atoms with E-state index in [4.69, 9.17) is 10.00 Å². The SMILES string of the molecule is CC(O)C(C)OC(C#N)Cc1ccccc1. The number of nitriles is 1. The summed E-state index contributed by atoms with van der Waals surface area (Å²) < 4.78 is 5.45. The average Bonchev–Trinajstić information content (AvgIpc) is 2.29. The van der Waals surface area contributed by atoms with Gasteiger partial charge in [-0.15, -0.1) is 0 Å². The van der Waals surface area contributed by atoms with E-state index in [-0.39, 0.29) is 6.10 Å². The zero-order valence-electron chi connectivity index (χ0n) is 9.63. The van der Waals surface area contributed by atoms with Crippen LogP contribution >= 0.6 is 0 Å². The molecule has 3 nitrogen and oxygen atoms in total. The van der Waals surface area contributed by atoms with E-state index in [0.717, 1.165) is 5.56 Å². The molecule has 0 aliphatic rings. The molecule has 1 rings (SSSR count). The number of aliphatic hydroxyl groups is 1. The summed E-state index contributed by atoms with van der Waals surface area (Å²) in [7, 11) is 0. The summed E-state index contributed by atoms with van der Waals surface area (Å²) in [6.45, 7) is 3.42. The topological polar surface area (TPSA) is 53.2 Å². The van der Waals surface area contributed by atoms with Crippen molar-refractivity contribution < 1.29 is 9.84 Å². The summed E-state index contributed by atoms with van der Waals surface area (Å²) in [6, 6.07) is 11.8. The maximum atomic E-state index is 9.30. The van der Waals surface area contributed by atoms with Crippen molar-refractivity contribution in [2.24, 2.45) is 0 Å². The quantitative estimate of drug-likeness (QED) is 0.823. The third-order valence-corrected chi connectivity index (χ3v) is 2.47. The van der Waals surface area contributed by atoms with Gasteiger partial charge in [-0.2, -0.15) is 5.26 Å². The minimum Gasteiger partial charge on any atom is -0.391 e. The van der Waals surface area contributed by atoms with Crippen LogP contribution in [0.15, 0.2) is 30.3 Å². The third kappa shape index (κ3) is 4.01. The second-order valence-corrected chi connectivity index (χ2v) is 3.89. The smallest absolute Gasteiger partial charge is 0.148 e. The molecule has 16 heavy (non-hydrogen) atoms. The summed E-state index contributed by atoms with van der Waals surface area (Å²) in [5.41, 5.74) is 1.06. The molecular formula is C13H17NO2. The number of hydrogen-bond donors (Lipinski definition) is 1. The van der Waals surface area contributed by atoms with E-state index in [1.807, 2.05) is 30.3 Å². The highest BCUT2D eigenvalue weighted by Gasteiger charge is 2.16. The van der Waals surface area contributed by atoms with Gasteiger partial charge in [-0.3, -0.25) is 0 Å². The van der Waals surface area contributed by atoms with Crippen LogP contribution in [0.5, 0.6) is 0 Å². The molecule has 0 bridgehead atoms. The highest BCUT2D eigenvalue weighted by molar-refractivity contribution is 5.17. The van der Waals surface area contributed by atoms with E-state index in [1.165, 1.54) is 0 Å². The third-order valence-electron chi connectivity index (χ3n) is 2.47. The predicted molar refractivity (Wildman–Crippen MR) is 61.8 cm³/mol. The summed E-state index contributed by atoms with van der Waals surface area (Å²) in [4.78, 5) is 0. The molecule has 0 aromatic heterocycles. The fourth-order valence-electron chi connectivity index (χ4n) is 1.33. The minimum absolute atomic E-state index is 0.326. The van der Waals surface area contributed by atoms with E-state index in [0.29, 0.717) is 6.42 Å². The molecule has 3 unspecified atom stereocenters. The van der Waals surface area contributed by atoms with Gasteiger partial charge in [0.2, 0.25) is 0 Å². The lowest BCUT2D eigenvalue weighted by molar-refractivity contribution is -0.0410. The Labute approximate surface area is 96.3 Å². The van der Waals surface area contributed by atoms with E-state index in [9.17, 15) is 5.11 Å². The average molecular weight is 219 g/mol. The molecule has 0 saturated carbocycles. The maximum absolute atomic E-state index is 9.30. The number of rotatable bonds is 5. The first kappa shape index (κ1) is 12.7.